The van der Waals surface area contributed by atoms with Gasteiger partial charge in [0.05, 0.1) is 0 Å². The molecule has 0 spiro atoms. The fourth-order valence-corrected chi connectivity index (χ4v) is 2.49. The number of amides is 1. The molecule has 4 nitrogen and oxygen atoms in total. The maximum atomic E-state index is 11.6. The first-order valence-electron chi connectivity index (χ1n) is 6.86. The van der Waals surface area contributed by atoms with Crippen molar-refractivity contribution in [2.75, 3.05) is 6.54 Å². The standard InChI is InChI=1S/C16H17NO3/c18-15-8-9-16(19)17(15)11-10-13-6-7-14(20-13)12-4-2-1-3-5-12/h1-7,15,18H,8-11H2. The number of nitrogens with zero attached hydrogens (tertiary/aromatic N) is 1. The summed E-state index contributed by atoms with van der Waals surface area (Å²) in [5.41, 5.74) is 1.04. The van der Waals surface area contributed by atoms with Crippen LogP contribution < -0.4 is 0 Å². The number of rotatable bonds is 4. The number of aliphatic hydroxyl groups excluding tert-OH is 1. The topological polar surface area (TPSA) is 53.7 Å². The zero-order valence-corrected chi connectivity index (χ0v) is 11.2. The molecule has 1 atom stereocenters. The SMILES string of the molecule is O=C1CCC(O)N1CCc1ccc(-c2ccccc2)o1. The van der Waals surface area contributed by atoms with Crippen LogP contribution in [0.25, 0.3) is 11.3 Å². The highest BCUT2D eigenvalue weighted by molar-refractivity contribution is 5.78. The normalized spacial score (nSPS) is 18.8. The Morgan fingerprint density at radius 3 is 2.70 bits per heavy atom. The Labute approximate surface area is 117 Å². The summed E-state index contributed by atoms with van der Waals surface area (Å²) in [5.74, 6) is 1.68. The van der Waals surface area contributed by atoms with Gasteiger partial charge in [0.1, 0.15) is 17.7 Å². The highest BCUT2D eigenvalue weighted by atomic mass is 16.3. The van der Waals surface area contributed by atoms with Crippen molar-refractivity contribution in [1.82, 2.24) is 4.90 Å². The molecule has 0 saturated carbocycles. The molecule has 3 rings (SSSR count). The van der Waals surface area contributed by atoms with Crippen LogP contribution in [0.3, 0.4) is 0 Å². The zero-order valence-electron chi connectivity index (χ0n) is 11.2. The van der Waals surface area contributed by atoms with Crippen molar-refractivity contribution < 1.29 is 14.3 Å². The van der Waals surface area contributed by atoms with Gasteiger partial charge in [-0.2, -0.15) is 0 Å². The van der Waals surface area contributed by atoms with Crippen molar-refractivity contribution in [2.24, 2.45) is 0 Å². The molecule has 1 aliphatic rings. The van der Waals surface area contributed by atoms with Gasteiger partial charge in [-0.1, -0.05) is 30.3 Å². The lowest BCUT2D eigenvalue weighted by atomic mass is 10.2. The van der Waals surface area contributed by atoms with E-state index in [9.17, 15) is 9.90 Å². The number of carbonyl (C=O) groups excluding carboxylic acids is 1. The number of benzene rings is 1. The third kappa shape index (κ3) is 2.60. The molecule has 1 amide bonds. The third-order valence-electron chi connectivity index (χ3n) is 3.62. The van der Waals surface area contributed by atoms with Crippen LogP contribution in [0.1, 0.15) is 18.6 Å². The number of hydrogen-bond donors (Lipinski definition) is 1. The maximum Gasteiger partial charge on any atom is 0.224 e. The van der Waals surface area contributed by atoms with Gasteiger partial charge in [0.25, 0.3) is 0 Å². The molecule has 1 saturated heterocycles. The third-order valence-corrected chi connectivity index (χ3v) is 3.62. The molecule has 0 bridgehead atoms. The Morgan fingerprint density at radius 1 is 1.20 bits per heavy atom. The van der Waals surface area contributed by atoms with Crippen molar-refractivity contribution in [2.45, 2.75) is 25.5 Å². The van der Waals surface area contributed by atoms with E-state index in [2.05, 4.69) is 0 Å². The Morgan fingerprint density at radius 2 is 2.00 bits per heavy atom. The van der Waals surface area contributed by atoms with Crippen LogP contribution in [0.15, 0.2) is 46.9 Å². The van der Waals surface area contributed by atoms with Crippen LogP contribution in [0.5, 0.6) is 0 Å². The predicted molar refractivity (Wildman–Crippen MR) is 74.8 cm³/mol. The van der Waals surface area contributed by atoms with Gasteiger partial charge in [0.15, 0.2) is 0 Å². The van der Waals surface area contributed by atoms with Gasteiger partial charge in [-0.25, -0.2) is 0 Å². The van der Waals surface area contributed by atoms with Crippen molar-refractivity contribution in [1.29, 1.82) is 0 Å². The largest absolute Gasteiger partial charge is 0.461 e. The number of furan rings is 1. The predicted octanol–water partition coefficient (Wildman–Crippen LogP) is 2.43. The molecule has 2 heterocycles. The van der Waals surface area contributed by atoms with Gasteiger partial charge in [0.2, 0.25) is 5.91 Å². The molecule has 1 unspecified atom stereocenters. The zero-order chi connectivity index (χ0) is 13.9. The molecule has 1 aliphatic heterocycles. The van der Waals surface area contributed by atoms with Gasteiger partial charge in [-0.15, -0.1) is 0 Å². The quantitative estimate of drug-likeness (QED) is 0.929. The van der Waals surface area contributed by atoms with Gasteiger partial charge < -0.3 is 14.4 Å². The van der Waals surface area contributed by atoms with Crippen molar-refractivity contribution in [3.8, 4) is 11.3 Å². The van der Waals surface area contributed by atoms with Crippen LogP contribution in [0.2, 0.25) is 0 Å². The van der Waals surface area contributed by atoms with Gasteiger partial charge in [-0.05, 0) is 12.1 Å². The van der Waals surface area contributed by atoms with E-state index in [1.807, 2.05) is 42.5 Å². The van der Waals surface area contributed by atoms with E-state index in [1.165, 1.54) is 4.90 Å². The van der Waals surface area contributed by atoms with E-state index in [0.29, 0.717) is 25.8 Å². The van der Waals surface area contributed by atoms with E-state index in [4.69, 9.17) is 4.42 Å². The first-order chi connectivity index (χ1) is 9.74. The number of carbonyl (C=O) groups is 1. The van der Waals surface area contributed by atoms with E-state index in [1.54, 1.807) is 0 Å². The molecule has 1 aromatic heterocycles. The molecule has 20 heavy (non-hydrogen) atoms. The van der Waals surface area contributed by atoms with E-state index >= 15 is 0 Å². The second-order valence-corrected chi connectivity index (χ2v) is 4.99. The van der Waals surface area contributed by atoms with Gasteiger partial charge in [0, 0.05) is 31.4 Å². The highest BCUT2D eigenvalue weighted by Gasteiger charge is 2.28. The molecule has 104 valence electrons. The fourth-order valence-electron chi connectivity index (χ4n) is 2.49. The van der Waals surface area contributed by atoms with Gasteiger partial charge >= 0.3 is 0 Å². The Kier molecular flexibility index (Phi) is 3.56. The Balaban J connectivity index is 1.65. The Hall–Kier alpha value is -2.07. The lowest BCUT2D eigenvalue weighted by Gasteiger charge is -2.19. The average Bonchev–Trinajstić information content (AvgIpc) is 3.06. The second-order valence-electron chi connectivity index (χ2n) is 4.99. The molecule has 1 fully saturated rings. The summed E-state index contributed by atoms with van der Waals surface area (Å²) in [6.45, 7) is 0.502. The van der Waals surface area contributed by atoms with Crippen LogP contribution in [-0.4, -0.2) is 28.7 Å². The number of aliphatic hydroxyl groups is 1. The molecule has 1 aromatic carbocycles. The second kappa shape index (κ2) is 5.51. The summed E-state index contributed by atoms with van der Waals surface area (Å²) in [5, 5.41) is 9.70. The highest BCUT2D eigenvalue weighted by Crippen LogP contribution is 2.23. The Bertz CT molecular complexity index is 591. The molecule has 2 aromatic rings. The molecular weight excluding hydrogens is 254 g/mol. The van der Waals surface area contributed by atoms with Crippen LogP contribution >= 0.6 is 0 Å². The van der Waals surface area contributed by atoms with E-state index < -0.39 is 6.23 Å². The lowest BCUT2D eigenvalue weighted by molar-refractivity contribution is -0.133. The number of likely N-dealkylation sites (tertiary alicyclic amines) is 1. The smallest absolute Gasteiger partial charge is 0.224 e. The summed E-state index contributed by atoms with van der Waals surface area (Å²) in [7, 11) is 0. The monoisotopic (exact) mass is 271 g/mol. The van der Waals surface area contributed by atoms with E-state index in [0.717, 1.165) is 17.1 Å². The summed E-state index contributed by atoms with van der Waals surface area (Å²) in [6, 6.07) is 13.8. The summed E-state index contributed by atoms with van der Waals surface area (Å²) in [4.78, 5) is 13.1. The number of hydrogen-bond acceptors (Lipinski definition) is 3. The van der Waals surface area contributed by atoms with Crippen LogP contribution in [0, 0.1) is 0 Å². The summed E-state index contributed by atoms with van der Waals surface area (Å²) < 4.78 is 5.78. The minimum absolute atomic E-state index is 0.0207. The first kappa shape index (κ1) is 12.9. The van der Waals surface area contributed by atoms with Gasteiger partial charge in [-0.3, -0.25) is 4.79 Å². The summed E-state index contributed by atoms with van der Waals surface area (Å²) >= 11 is 0. The van der Waals surface area contributed by atoms with Crippen molar-refractivity contribution >= 4 is 5.91 Å². The first-order valence-corrected chi connectivity index (χ1v) is 6.86. The van der Waals surface area contributed by atoms with E-state index in [-0.39, 0.29) is 5.91 Å². The molecule has 0 radical (unpaired) electrons. The minimum atomic E-state index is -0.633. The van der Waals surface area contributed by atoms with Crippen molar-refractivity contribution in [3.05, 3.63) is 48.2 Å². The van der Waals surface area contributed by atoms with Crippen molar-refractivity contribution in [3.63, 3.8) is 0 Å². The molecule has 0 aliphatic carbocycles. The van der Waals surface area contributed by atoms with Crippen LogP contribution in [-0.2, 0) is 11.2 Å². The maximum absolute atomic E-state index is 11.6. The minimum Gasteiger partial charge on any atom is -0.461 e. The molecule has 4 heteroatoms. The van der Waals surface area contributed by atoms with Crippen LogP contribution in [0.4, 0.5) is 0 Å². The summed E-state index contributed by atoms with van der Waals surface area (Å²) in [6.07, 6.45) is 0.960. The fraction of sp³-hybridized carbons (Fsp3) is 0.312. The molecule has 1 N–H and O–H groups in total. The molecular formula is C16H17NO3. The lowest BCUT2D eigenvalue weighted by Crippen LogP contribution is -2.34. The average molecular weight is 271 g/mol.